The van der Waals surface area contributed by atoms with Gasteiger partial charge in [0.05, 0.1) is 11.7 Å². The summed E-state index contributed by atoms with van der Waals surface area (Å²) < 4.78 is 0. The van der Waals surface area contributed by atoms with Crippen LogP contribution in [0, 0.1) is 0 Å². The number of fused-ring (bicyclic) bond motifs is 2. The second-order valence-electron chi connectivity index (χ2n) is 6.69. The Bertz CT molecular complexity index is 1070. The maximum absolute atomic E-state index is 12.0. The highest BCUT2D eigenvalue weighted by Crippen LogP contribution is 2.35. The van der Waals surface area contributed by atoms with Crippen molar-refractivity contribution in [1.82, 2.24) is 15.0 Å². The van der Waals surface area contributed by atoms with Crippen molar-refractivity contribution >= 4 is 34.3 Å². The third-order valence-electron chi connectivity index (χ3n) is 4.81. The van der Waals surface area contributed by atoms with E-state index in [2.05, 4.69) is 56.8 Å². The SMILES string of the molecule is C=C=CC(=O)Nc1nc(N2CCCCCc3ccccc32)c2ccncc2n1. The number of aryl methyl sites for hydroxylation is 1. The number of rotatable bonds is 3. The van der Waals surface area contributed by atoms with E-state index in [1.807, 2.05) is 6.07 Å². The molecule has 3 aromatic rings. The van der Waals surface area contributed by atoms with Gasteiger partial charge in [-0.05, 0) is 37.0 Å². The van der Waals surface area contributed by atoms with Crippen LogP contribution in [0.3, 0.4) is 0 Å². The molecule has 1 aliphatic heterocycles. The maximum atomic E-state index is 12.0. The van der Waals surface area contributed by atoms with Crippen LogP contribution in [-0.2, 0) is 11.2 Å². The monoisotopic (exact) mass is 371 g/mol. The van der Waals surface area contributed by atoms with Gasteiger partial charge in [-0.25, -0.2) is 4.98 Å². The second kappa shape index (κ2) is 8.03. The standard InChI is InChI=1S/C22H21N5O/c1-2-8-20(28)25-22-24-18-15-23-13-12-17(18)21(26-22)27-14-7-3-4-9-16-10-5-6-11-19(16)27/h5-6,8,10-13,15H,1,3-4,7,9,14H2,(H,24,25,26,28). The molecule has 2 aromatic heterocycles. The van der Waals surface area contributed by atoms with Crippen LogP contribution in [0.25, 0.3) is 10.9 Å². The fourth-order valence-corrected chi connectivity index (χ4v) is 3.55. The molecule has 0 aliphatic carbocycles. The summed E-state index contributed by atoms with van der Waals surface area (Å²) >= 11 is 0. The Hall–Kier alpha value is -3.50. The van der Waals surface area contributed by atoms with E-state index in [1.165, 1.54) is 24.5 Å². The van der Waals surface area contributed by atoms with Crippen molar-refractivity contribution in [3.63, 3.8) is 0 Å². The molecule has 0 unspecified atom stereocenters. The van der Waals surface area contributed by atoms with Crippen LogP contribution in [0.15, 0.2) is 61.1 Å². The maximum Gasteiger partial charge on any atom is 0.258 e. The first-order valence-electron chi connectivity index (χ1n) is 9.40. The lowest BCUT2D eigenvalue weighted by Crippen LogP contribution is -2.24. The van der Waals surface area contributed by atoms with Gasteiger partial charge in [-0.15, -0.1) is 5.73 Å². The van der Waals surface area contributed by atoms with E-state index in [0.717, 1.165) is 36.3 Å². The Labute approximate surface area is 163 Å². The second-order valence-corrected chi connectivity index (χ2v) is 6.69. The van der Waals surface area contributed by atoms with Crippen molar-refractivity contribution in [3.05, 3.63) is 66.7 Å². The van der Waals surface area contributed by atoms with Gasteiger partial charge in [0.25, 0.3) is 5.91 Å². The molecular weight excluding hydrogens is 350 g/mol. The number of anilines is 3. The molecule has 1 amide bonds. The molecule has 4 rings (SSSR count). The lowest BCUT2D eigenvalue weighted by Gasteiger charge is -2.29. The fraction of sp³-hybridized carbons (Fsp3) is 0.227. The van der Waals surface area contributed by atoms with E-state index in [-0.39, 0.29) is 11.9 Å². The van der Waals surface area contributed by atoms with Gasteiger partial charge in [0.2, 0.25) is 5.95 Å². The van der Waals surface area contributed by atoms with Crippen molar-refractivity contribution in [2.75, 3.05) is 16.8 Å². The normalized spacial score (nSPS) is 13.8. The van der Waals surface area contributed by atoms with E-state index in [4.69, 9.17) is 4.98 Å². The highest BCUT2D eigenvalue weighted by Gasteiger charge is 2.20. The molecule has 0 atom stereocenters. The zero-order chi connectivity index (χ0) is 19.3. The molecule has 3 heterocycles. The molecule has 28 heavy (non-hydrogen) atoms. The minimum absolute atomic E-state index is 0.242. The van der Waals surface area contributed by atoms with E-state index >= 15 is 0 Å². The first-order chi connectivity index (χ1) is 13.8. The summed E-state index contributed by atoms with van der Waals surface area (Å²) in [6.07, 6.45) is 9.13. The highest BCUT2D eigenvalue weighted by atomic mass is 16.1. The zero-order valence-electron chi connectivity index (χ0n) is 15.6. The molecule has 1 aromatic carbocycles. The summed E-state index contributed by atoms with van der Waals surface area (Å²) in [5, 5.41) is 3.60. The van der Waals surface area contributed by atoms with E-state index in [1.54, 1.807) is 12.4 Å². The summed E-state index contributed by atoms with van der Waals surface area (Å²) in [4.78, 5) is 27.5. The number of amides is 1. The molecule has 0 bridgehead atoms. The van der Waals surface area contributed by atoms with Gasteiger partial charge in [-0.2, -0.15) is 4.98 Å². The van der Waals surface area contributed by atoms with E-state index < -0.39 is 0 Å². The largest absolute Gasteiger partial charge is 0.325 e. The number of carbonyl (C=O) groups is 1. The van der Waals surface area contributed by atoms with Crippen molar-refractivity contribution in [1.29, 1.82) is 0 Å². The number of carbonyl (C=O) groups excluding carboxylic acids is 1. The van der Waals surface area contributed by atoms with Gasteiger partial charge in [0.1, 0.15) is 5.82 Å². The Morgan fingerprint density at radius 3 is 2.96 bits per heavy atom. The number of hydrogen-bond acceptors (Lipinski definition) is 5. The summed E-state index contributed by atoms with van der Waals surface area (Å²) in [5.41, 5.74) is 5.61. The molecule has 0 radical (unpaired) electrons. The van der Waals surface area contributed by atoms with Crippen LogP contribution < -0.4 is 10.2 Å². The van der Waals surface area contributed by atoms with Crippen molar-refractivity contribution in [3.8, 4) is 0 Å². The van der Waals surface area contributed by atoms with Gasteiger partial charge >= 0.3 is 0 Å². The van der Waals surface area contributed by atoms with Gasteiger partial charge in [-0.3, -0.25) is 15.1 Å². The minimum atomic E-state index is -0.364. The molecule has 0 fully saturated rings. The molecule has 0 saturated carbocycles. The van der Waals surface area contributed by atoms with Gasteiger partial charge in [0.15, 0.2) is 0 Å². The summed E-state index contributed by atoms with van der Waals surface area (Å²) in [6, 6.07) is 10.4. The van der Waals surface area contributed by atoms with Crippen LogP contribution in [0.4, 0.5) is 17.5 Å². The third kappa shape index (κ3) is 3.63. The van der Waals surface area contributed by atoms with Crippen LogP contribution in [0.2, 0.25) is 0 Å². The first kappa shape index (κ1) is 17.9. The minimum Gasteiger partial charge on any atom is -0.325 e. The summed E-state index contributed by atoms with van der Waals surface area (Å²) in [7, 11) is 0. The van der Waals surface area contributed by atoms with Crippen molar-refractivity contribution in [2.24, 2.45) is 0 Å². The Kier molecular flexibility index (Phi) is 5.13. The van der Waals surface area contributed by atoms with E-state index in [0.29, 0.717) is 5.52 Å². The lowest BCUT2D eigenvalue weighted by atomic mass is 10.0. The zero-order valence-corrected chi connectivity index (χ0v) is 15.6. The number of benzene rings is 1. The third-order valence-corrected chi connectivity index (χ3v) is 4.81. The van der Waals surface area contributed by atoms with Crippen LogP contribution in [-0.4, -0.2) is 27.4 Å². The molecule has 140 valence electrons. The molecule has 0 spiro atoms. The van der Waals surface area contributed by atoms with Crippen LogP contribution in [0.1, 0.15) is 24.8 Å². The smallest absolute Gasteiger partial charge is 0.258 e. The lowest BCUT2D eigenvalue weighted by molar-refractivity contribution is -0.111. The van der Waals surface area contributed by atoms with Gasteiger partial charge in [0, 0.05) is 29.9 Å². The molecule has 6 nitrogen and oxygen atoms in total. The number of hydrogen-bond donors (Lipinski definition) is 1. The Balaban J connectivity index is 1.87. The van der Waals surface area contributed by atoms with Crippen LogP contribution >= 0.6 is 0 Å². The van der Waals surface area contributed by atoms with Gasteiger partial charge in [-0.1, -0.05) is 31.2 Å². The number of aromatic nitrogens is 3. The Morgan fingerprint density at radius 1 is 1.18 bits per heavy atom. The summed E-state index contributed by atoms with van der Waals surface area (Å²) in [6.45, 7) is 4.28. The van der Waals surface area contributed by atoms with Crippen molar-refractivity contribution in [2.45, 2.75) is 25.7 Å². The molecule has 1 N–H and O–H groups in total. The van der Waals surface area contributed by atoms with E-state index in [9.17, 15) is 4.79 Å². The fourth-order valence-electron chi connectivity index (χ4n) is 3.55. The molecular formula is C22H21N5O. The van der Waals surface area contributed by atoms with Gasteiger partial charge < -0.3 is 4.90 Å². The average molecular weight is 371 g/mol. The predicted octanol–water partition coefficient (Wildman–Crippen LogP) is 4.17. The predicted molar refractivity (Wildman–Crippen MR) is 111 cm³/mol. The average Bonchev–Trinajstić information content (AvgIpc) is 2.68. The molecule has 6 heteroatoms. The highest BCUT2D eigenvalue weighted by molar-refractivity contribution is 5.99. The summed E-state index contributed by atoms with van der Waals surface area (Å²) in [5.74, 6) is 0.656. The number of para-hydroxylation sites is 1. The first-order valence-corrected chi connectivity index (χ1v) is 9.40. The number of pyridine rings is 1. The molecule has 1 aliphatic rings. The quantitative estimate of drug-likeness (QED) is 0.553. The molecule has 0 saturated heterocycles. The van der Waals surface area contributed by atoms with Crippen molar-refractivity contribution < 1.29 is 4.79 Å². The van der Waals surface area contributed by atoms with Crippen LogP contribution in [0.5, 0.6) is 0 Å². The number of nitrogens with one attached hydrogen (secondary N) is 1. The number of nitrogens with zero attached hydrogens (tertiary/aromatic N) is 4. The topological polar surface area (TPSA) is 71.0 Å². The Morgan fingerprint density at radius 2 is 2.07 bits per heavy atom.